The number of carbonyl (C=O) groups is 1. The van der Waals surface area contributed by atoms with Crippen molar-refractivity contribution in [1.29, 1.82) is 0 Å². The molecule has 0 saturated carbocycles. The van der Waals surface area contributed by atoms with E-state index in [9.17, 15) is 4.79 Å². The zero-order chi connectivity index (χ0) is 16.7. The minimum absolute atomic E-state index is 0.132. The molecule has 0 aromatic heterocycles. The number of hydrogen-bond acceptors (Lipinski definition) is 3. The van der Waals surface area contributed by atoms with Gasteiger partial charge in [0.25, 0.3) is 0 Å². The number of anilines is 2. The van der Waals surface area contributed by atoms with Gasteiger partial charge in [-0.3, -0.25) is 4.79 Å². The molecule has 2 N–H and O–H groups in total. The Balaban J connectivity index is 1.79. The van der Waals surface area contributed by atoms with Crippen molar-refractivity contribution < 1.29 is 9.53 Å². The third-order valence-electron chi connectivity index (χ3n) is 3.05. The van der Waals surface area contributed by atoms with Crippen molar-refractivity contribution in [3.8, 4) is 5.75 Å². The molecule has 0 unspecified atom stereocenters. The first-order valence-corrected chi connectivity index (χ1v) is 8.05. The molecule has 122 valence electrons. The summed E-state index contributed by atoms with van der Waals surface area (Å²) >= 11 is 11.9. The zero-order valence-electron chi connectivity index (χ0n) is 12.7. The van der Waals surface area contributed by atoms with E-state index in [0.717, 1.165) is 11.4 Å². The summed E-state index contributed by atoms with van der Waals surface area (Å²) in [5.41, 5.74) is 1.45. The summed E-state index contributed by atoms with van der Waals surface area (Å²) in [6.45, 7) is 3.09. The predicted molar refractivity (Wildman–Crippen MR) is 95.8 cm³/mol. The van der Waals surface area contributed by atoms with Gasteiger partial charge in [-0.1, -0.05) is 23.2 Å². The first-order chi connectivity index (χ1) is 11.1. The Bertz CT molecular complexity index is 660. The van der Waals surface area contributed by atoms with Crippen LogP contribution in [0, 0.1) is 0 Å². The summed E-state index contributed by atoms with van der Waals surface area (Å²) in [6.07, 6.45) is 0.316. The van der Waals surface area contributed by atoms with Crippen LogP contribution in [0.25, 0.3) is 0 Å². The van der Waals surface area contributed by atoms with Gasteiger partial charge in [0.15, 0.2) is 0 Å². The van der Waals surface area contributed by atoms with Gasteiger partial charge in [0.2, 0.25) is 5.91 Å². The Hall–Kier alpha value is -1.91. The number of benzene rings is 2. The monoisotopic (exact) mass is 352 g/mol. The standard InChI is InChI=1S/C17H18Cl2N2O2/c1-2-23-14-6-4-13(5-7-14)20-10-9-17(22)21-16-11-12(18)3-8-15(16)19/h3-8,11,20H,2,9-10H2,1H3,(H,21,22). The summed E-state index contributed by atoms with van der Waals surface area (Å²) in [5.74, 6) is 0.694. The number of ether oxygens (including phenoxy) is 1. The van der Waals surface area contributed by atoms with Crippen LogP contribution in [0.3, 0.4) is 0 Å². The van der Waals surface area contributed by atoms with Crippen LogP contribution in [0.2, 0.25) is 10.0 Å². The van der Waals surface area contributed by atoms with Crippen LogP contribution in [0.4, 0.5) is 11.4 Å². The highest BCUT2D eigenvalue weighted by atomic mass is 35.5. The van der Waals surface area contributed by atoms with E-state index in [1.54, 1.807) is 18.2 Å². The topological polar surface area (TPSA) is 50.4 Å². The lowest BCUT2D eigenvalue weighted by Gasteiger charge is -2.10. The average molecular weight is 353 g/mol. The Kier molecular flexibility index (Phi) is 6.56. The highest BCUT2D eigenvalue weighted by Gasteiger charge is 2.06. The van der Waals surface area contributed by atoms with E-state index < -0.39 is 0 Å². The van der Waals surface area contributed by atoms with Crippen LogP contribution in [-0.2, 0) is 4.79 Å². The van der Waals surface area contributed by atoms with Gasteiger partial charge < -0.3 is 15.4 Å². The highest BCUT2D eigenvalue weighted by molar-refractivity contribution is 6.35. The summed E-state index contributed by atoms with van der Waals surface area (Å²) in [5, 5.41) is 6.91. The van der Waals surface area contributed by atoms with Gasteiger partial charge in [0.1, 0.15) is 5.75 Å². The summed E-state index contributed by atoms with van der Waals surface area (Å²) in [4.78, 5) is 11.9. The van der Waals surface area contributed by atoms with Crippen molar-refractivity contribution >= 4 is 40.5 Å². The molecule has 0 radical (unpaired) electrons. The lowest BCUT2D eigenvalue weighted by molar-refractivity contribution is -0.115. The molecule has 0 atom stereocenters. The van der Waals surface area contributed by atoms with E-state index in [-0.39, 0.29) is 5.91 Å². The Morgan fingerprint density at radius 1 is 1.13 bits per heavy atom. The molecule has 0 saturated heterocycles. The summed E-state index contributed by atoms with van der Waals surface area (Å²) in [7, 11) is 0. The van der Waals surface area contributed by atoms with Gasteiger partial charge in [-0.05, 0) is 49.4 Å². The van der Waals surface area contributed by atoms with Gasteiger partial charge >= 0.3 is 0 Å². The summed E-state index contributed by atoms with van der Waals surface area (Å²) in [6, 6.07) is 12.6. The molecule has 0 aliphatic carbocycles. The Morgan fingerprint density at radius 3 is 2.57 bits per heavy atom. The van der Waals surface area contributed by atoms with Crippen LogP contribution in [0.15, 0.2) is 42.5 Å². The van der Waals surface area contributed by atoms with Crippen molar-refractivity contribution in [1.82, 2.24) is 0 Å². The number of rotatable bonds is 7. The molecule has 23 heavy (non-hydrogen) atoms. The van der Waals surface area contributed by atoms with Crippen molar-refractivity contribution in [2.75, 3.05) is 23.8 Å². The normalized spacial score (nSPS) is 10.2. The summed E-state index contributed by atoms with van der Waals surface area (Å²) < 4.78 is 5.38. The third kappa shape index (κ3) is 5.66. The number of carbonyl (C=O) groups excluding carboxylic acids is 1. The lowest BCUT2D eigenvalue weighted by Crippen LogP contribution is -2.16. The van der Waals surface area contributed by atoms with E-state index in [2.05, 4.69) is 10.6 Å². The second-order valence-corrected chi connectivity index (χ2v) is 5.65. The molecule has 1 amide bonds. The maximum Gasteiger partial charge on any atom is 0.226 e. The molecule has 2 rings (SSSR count). The fraction of sp³-hybridized carbons (Fsp3) is 0.235. The SMILES string of the molecule is CCOc1ccc(NCCC(=O)Nc2cc(Cl)ccc2Cl)cc1. The molecule has 0 aliphatic heterocycles. The van der Waals surface area contributed by atoms with Crippen LogP contribution in [0.1, 0.15) is 13.3 Å². The van der Waals surface area contributed by atoms with E-state index in [0.29, 0.717) is 35.3 Å². The van der Waals surface area contributed by atoms with Crippen molar-refractivity contribution in [3.63, 3.8) is 0 Å². The van der Waals surface area contributed by atoms with Gasteiger partial charge in [-0.25, -0.2) is 0 Å². The average Bonchev–Trinajstić information content (AvgIpc) is 2.53. The molecule has 2 aromatic rings. The van der Waals surface area contributed by atoms with Gasteiger partial charge in [0, 0.05) is 23.7 Å². The second kappa shape index (κ2) is 8.65. The van der Waals surface area contributed by atoms with E-state index in [1.807, 2.05) is 31.2 Å². The number of amides is 1. The molecule has 0 fully saturated rings. The van der Waals surface area contributed by atoms with Gasteiger partial charge in [-0.2, -0.15) is 0 Å². The molecule has 0 aliphatic rings. The van der Waals surface area contributed by atoms with Crippen LogP contribution >= 0.6 is 23.2 Å². The molecule has 6 heteroatoms. The van der Waals surface area contributed by atoms with Crippen molar-refractivity contribution in [2.24, 2.45) is 0 Å². The van der Waals surface area contributed by atoms with Gasteiger partial charge in [0.05, 0.1) is 17.3 Å². The predicted octanol–water partition coefficient (Wildman–Crippen LogP) is 4.83. The van der Waals surface area contributed by atoms with Crippen LogP contribution in [-0.4, -0.2) is 19.1 Å². The Labute approximate surface area is 145 Å². The number of halogens is 2. The molecule has 0 spiro atoms. The lowest BCUT2D eigenvalue weighted by atomic mass is 10.2. The fourth-order valence-corrected chi connectivity index (χ4v) is 2.30. The minimum atomic E-state index is -0.132. The molecule has 4 nitrogen and oxygen atoms in total. The number of hydrogen-bond donors (Lipinski definition) is 2. The molecule has 2 aromatic carbocycles. The quantitative estimate of drug-likeness (QED) is 0.749. The van der Waals surface area contributed by atoms with Crippen molar-refractivity contribution in [3.05, 3.63) is 52.5 Å². The Morgan fingerprint density at radius 2 is 1.87 bits per heavy atom. The highest BCUT2D eigenvalue weighted by Crippen LogP contribution is 2.25. The second-order valence-electron chi connectivity index (χ2n) is 4.81. The maximum absolute atomic E-state index is 11.9. The first-order valence-electron chi connectivity index (χ1n) is 7.30. The van der Waals surface area contributed by atoms with Gasteiger partial charge in [-0.15, -0.1) is 0 Å². The fourth-order valence-electron chi connectivity index (χ4n) is 1.96. The smallest absolute Gasteiger partial charge is 0.226 e. The molecular weight excluding hydrogens is 335 g/mol. The molecule has 0 bridgehead atoms. The van der Waals surface area contributed by atoms with Crippen molar-refractivity contribution in [2.45, 2.75) is 13.3 Å². The van der Waals surface area contributed by atoms with E-state index in [1.165, 1.54) is 0 Å². The maximum atomic E-state index is 11.9. The van der Waals surface area contributed by atoms with E-state index >= 15 is 0 Å². The largest absolute Gasteiger partial charge is 0.494 e. The third-order valence-corrected chi connectivity index (χ3v) is 3.61. The molecular formula is C17H18Cl2N2O2. The minimum Gasteiger partial charge on any atom is -0.494 e. The van der Waals surface area contributed by atoms with Crippen LogP contribution in [0.5, 0.6) is 5.75 Å². The first kappa shape index (κ1) is 17.4. The zero-order valence-corrected chi connectivity index (χ0v) is 14.2. The van der Waals surface area contributed by atoms with E-state index in [4.69, 9.17) is 27.9 Å². The molecule has 0 heterocycles. The number of nitrogens with one attached hydrogen (secondary N) is 2. The van der Waals surface area contributed by atoms with Crippen LogP contribution < -0.4 is 15.4 Å².